The quantitative estimate of drug-likeness (QED) is 0.586. The lowest BCUT2D eigenvalue weighted by Crippen LogP contribution is -2.17. The number of anilines is 1. The van der Waals surface area contributed by atoms with Crippen molar-refractivity contribution >= 4 is 62.1 Å². The fourth-order valence-electron chi connectivity index (χ4n) is 1.75. The molecule has 0 heterocycles. The van der Waals surface area contributed by atoms with Crippen molar-refractivity contribution in [1.29, 1.82) is 0 Å². The maximum absolute atomic E-state index is 13.0. The normalized spacial score (nSPS) is 12.3. The summed E-state index contributed by atoms with van der Waals surface area (Å²) in [7, 11) is -4.45. The molecule has 3 nitrogen and oxygen atoms in total. The molecule has 0 radical (unpaired) electrons. The minimum absolute atomic E-state index is 0.00286. The van der Waals surface area contributed by atoms with Crippen molar-refractivity contribution in [3.63, 3.8) is 0 Å². The highest BCUT2D eigenvalue weighted by Gasteiger charge is 2.35. The monoisotopic (exact) mass is 437 g/mol. The predicted octanol–water partition coefficient (Wildman–Crippen LogP) is 6.12. The van der Waals surface area contributed by atoms with Gasteiger partial charge in [-0.3, -0.25) is 4.72 Å². The summed E-state index contributed by atoms with van der Waals surface area (Å²) in [6, 6.07) is 4.64. The van der Waals surface area contributed by atoms with E-state index in [1.807, 2.05) is 4.72 Å². The van der Waals surface area contributed by atoms with Gasteiger partial charge in [0.2, 0.25) is 0 Å². The van der Waals surface area contributed by atoms with Crippen molar-refractivity contribution in [2.45, 2.75) is 11.1 Å². The van der Waals surface area contributed by atoms with Crippen molar-refractivity contribution in [1.82, 2.24) is 0 Å². The molecule has 0 aliphatic rings. The van der Waals surface area contributed by atoms with E-state index in [0.717, 1.165) is 24.3 Å². The van der Waals surface area contributed by atoms with Crippen LogP contribution in [-0.4, -0.2) is 8.42 Å². The number of hydrogen-bond donors (Lipinski definition) is 1. The van der Waals surface area contributed by atoms with Crippen molar-refractivity contribution < 1.29 is 21.6 Å². The average Bonchev–Trinajstić information content (AvgIpc) is 2.43. The standard InChI is InChI=1S/C13H6Cl4F3NO2S/c14-6-1-2-11(7(3-6)13(18,19)20)21-24(22,23)12-5-9(16)8(15)4-10(12)17/h1-5,21H. The van der Waals surface area contributed by atoms with Crippen LogP contribution in [0.1, 0.15) is 5.56 Å². The van der Waals surface area contributed by atoms with E-state index < -0.39 is 32.3 Å². The van der Waals surface area contributed by atoms with E-state index in [-0.39, 0.29) is 20.1 Å². The lowest BCUT2D eigenvalue weighted by Gasteiger charge is -2.16. The van der Waals surface area contributed by atoms with Gasteiger partial charge in [0.15, 0.2) is 0 Å². The molecule has 11 heteroatoms. The number of nitrogens with one attached hydrogen (secondary N) is 1. The summed E-state index contributed by atoms with van der Waals surface area (Å²) in [5.74, 6) is 0. The van der Waals surface area contributed by atoms with Crippen molar-refractivity contribution in [3.05, 3.63) is 56.0 Å². The predicted molar refractivity (Wildman–Crippen MR) is 88.7 cm³/mol. The van der Waals surface area contributed by atoms with Crippen LogP contribution in [0.3, 0.4) is 0 Å². The Morgan fingerprint density at radius 3 is 2.04 bits per heavy atom. The molecule has 0 atom stereocenters. The van der Waals surface area contributed by atoms with E-state index in [4.69, 9.17) is 46.4 Å². The summed E-state index contributed by atoms with van der Waals surface area (Å²) in [6.07, 6.45) is -4.82. The molecule has 0 aromatic heterocycles. The van der Waals surface area contributed by atoms with Gasteiger partial charge in [0.1, 0.15) is 4.90 Å². The van der Waals surface area contributed by atoms with Gasteiger partial charge in [-0.25, -0.2) is 8.42 Å². The zero-order chi connectivity index (χ0) is 18.3. The number of hydrogen-bond acceptors (Lipinski definition) is 2. The second-order valence-corrected chi connectivity index (χ2v) is 7.80. The molecule has 0 saturated heterocycles. The van der Waals surface area contributed by atoms with Crippen molar-refractivity contribution in [2.24, 2.45) is 0 Å². The van der Waals surface area contributed by atoms with Crippen LogP contribution < -0.4 is 4.72 Å². The molecular weight excluding hydrogens is 433 g/mol. The Morgan fingerprint density at radius 1 is 0.875 bits per heavy atom. The van der Waals surface area contributed by atoms with E-state index in [0.29, 0.717) is 6.07 Å². The third-order valence-electron chi connectivity index (χ3n) is 2.80. The molecule has 0 spiro atoms. The van der Waals surface area contributed by atoms with Crippen LogP contribution in [0.25, 0.3) is 0 Å². The third kappa shape index (κ3) is 4.21. The third-order valence-corrected chi connectivity index (χ3v) is 5.58. The number of alkyl halides is 3. The van der Waals surface area contributed by atoms with E-state index >= 15 is 0 Å². The minimum atomic E-state index is -4.82. The molecular formula is C13H6Cl4F3NO2S. The van der Waals surface area contributed by atoms with E-state index in [1.54, 1.807) is 0 Å². The first-order valence-corrected chi connectivity index (χ1v) is 8.95. The molecule has 2 aromatic rings. The Morgan fingerprint density at radius 2 is 1.46 bits per heavy atom. The molecule has 2 rings (SSSR count). The SMILES string of the molecule is O=S(=O)(Nc1ccc(Cl)cc1C(F)(F)F)c1cc(Cl)c(Cl)cc1Cl. The number of rotatable bonds is 3. The largest absolute Gasteiger partial charge is 0.418 e. The molecule has 24 heavy (non-hydrogen) atoms. The highest BCUT2D eigenvalue weighted by molar-refractivity contribution is 7.92. The molecule has 0 amide bonds. The fraction of sp³-hybridized carbons (Fsp3) is 0.0769. The molecule has 0 unspecified atom stereocenters. The van der Waals surface area contributed by atoms with Gasteiger partial charge >= 0.3 is 6.18 Å². The van der Waals surface area contributed by atoms with Gasteiger partial charge in [0.25, 0.3) is 10.0 Å². The van der Waals surface area contributed by atoms with E-state index in [1.165, 1.54) is 0 Å². The zero-order valence-electron chi connectivity index (χ0n) is 11.3. The summed E-state index contributed by atoms with van der Waals surface area (Å²) in [4.78, 5) is -0.512. The van der Waals surface area contributed by atoms with Gasteiger partial charge in [-0.15, -0.1) is 0 Å². The average molecular weight is 439 g/mol. The number of benzene rings is 2. The molecule has 1 N–H and O–H groups in total. The Balaban J connectivity index is 2.54. The molecule has 0 bridgehead atoms. The maximum atomic E-state index is 13.0. The van der Waals surface area contributed by atoms with Crippen LogP contribution in [0, 0.1) is 0 Å². The van der Waals surface area contributed by atoms with Crippen molar-refractivity contribution in [2.75, 3.05) is 4.72 Å². The Kier molecular flexibility index (Phi) is 5.52. The summed E-state index contributed by atoms with van der Waals surface area (Å²) in [5.41, 5.74) is -1.94. The second-order valence-electron chi connectivity index (χ2n) is 4.49. The van der Waals surface area contributed by atoms with Crippen LogP contribution in [0.5, 0.6) is 0 Å². The summed E-state index contributed by atoms with van der Waals surface area (Å²) < 4.78 is 65.7. The lowest BCUT2D eigenvalue weighted by molar-refractivity contribution is -0.136. The molecule has 2 aromatic carbocycles. The van der Waals surface area contributed by atoms with E-state index in [2.05, 4.69) is 0 Å². The second kappa shape index (κ2) is 6.80. The first-order valence-electron chi connectivity index (χ1n) is 5.96. The Labute approximate surface area is 155 Å². The Hall–Kier alpha value is -0.860. The summed E-state index contributed by atoms with van der Waals surface area (Å²) >= 11 is 22.8. The first kappa shape index (κ1) is 19.5. The summed E-state index contributed by atoms with van der Waals surface area (Å²) in [6.45, 7) is 0. The van der Waals surface area contributed by atoms with Gasteiger partial charge < -0.3 is 0 Å². The van der Waals surface area contributed by atoms with Crippen LogP contribution in [0.2, 0.25) is 20.1 Å². The van der Waals surface area contributed by atoms with Crippen molar-refractivity contribution in [3.8, 4) is 0 Å². The lowest BCUT2D eigenvalue weighted by atomic mass is 10.2. The van der Waals surface area contributed by atoms with Crippen LogP contribution >= 0.6 is 46.4 Å². The van der Waals surface area contributed by atoms with Gasteiger partial charge in [-0.2, -0.15) is 13.2 Å². The van der Waals surface area contributed by atoms with E-state index in [9.17, 15) is 21.6 Å². The van der Waals surface area contributed by atoms with Gasteiger partial charge in [0, 0.05) is 5.02 Å². The van der Waals surface area contributed by atoms with Gasteiger partial charge in [-0.1, -0.05) is 46.4 Å². The molecule has 0 aliphatic carbocycles. The number of sulfonamides is 1. The molecule has 0 saturated carbocycles. The van der Waals surface area contributed by atoms with Gasteiger partial charge in [-0.05, 0) is 30.3 Å². The van der Waals surface area contributed by atoms with Gasteiger partial charge in [0.05, 0.1) is 26.3 Å². The summed E-state index contributed by atoms with van der Waals surface area (Å²) in [5, 5.41) is -0.603. The maximum Gasteiger partial charge on any atom is 0.418 e. The zero-order valence-corrected chi connectivity index (χ0v) is 15.1. The topological polar surface area (TPSA) is 46.2 Å². The highest BCUT2D eigenvalue weighted by Crippen LogP contribution is 2.38. The van der Waals surface area contributed by atoms with Crippen LogP contribution in [0.15, 0.2) is 35.2 Å². The molecule has 0 fully saturated rings. The first-order chi connectivity index (χ1) is 10.9. The smallest absolute Gasteiger partial charge is 0.279 e. The molecule has 130 valence electrons. The molecule has 0 aliphatic heterocycles. The Bertz CT molecular complexity index is 901. The highest BCUT2D eigenvalue weighted by atomic mass is 35.5. The minimum Gasteiger partial charge on any atom is -0.279 e. The number of halogens is 7. The van der Waals surface area contributed by atoms with Crippen LogP contribution in [-0.2, 0) is 16.2 Å². The fourth-order valence-corrected chi connectivity index (χ4v) is 4.00. The van der Waals surface area contributed by atoms with Crippen LogP contribution in [0.4, 0.5) is 18.9 Å².